The van der Waals surface area contributed by atoms with E-state index in [0.717, 1.165) is 11.1 Å². The molecule has 2 aromatic carbocycles. The van der Waals surface area contributed by atoms with Gasteiger partial charge >= 0.3 is 0 Å². The summed E-state index contributed by atoms with van der Waals surface area (Å²) >= 11 is 10.8. The van der Waals surface area contributed by atoms with Crippen LogP contribution in [0.5, 0.6) is 0 Å². The monoisotopic (exact) mass is 361 g/mol. The normalized spacial score (nSPS) is 9.92. The first-order valence-corrected chi connectivity index (χ1v) is 7.94. The zero-order chi connectivity index (χ0) is 17.5. The van der Waals surface area contributed by atoms with E-state index in [9.17, 15) is 9.59 Å². The van der Waals surface area contributed by atoms with Crippen molar-refractivity contribution in [3.63, 3.8) is 0 Å². The van der Waals surface area contributed by atoms with Gasteiger partial charge in [-0.05, 0) is 49.0 Å². The van der Waals surface area contributed by atoms with Gasteiger partial charge in [-0.2, -0.15) is 0 Å². The highest BCUT2D eigenvalue weighted by Gasteiger charge is 2.08. The van der Waals surface area contributed by atoms with E-state index in [1.54, 1.807) is 36.4 Å². The van der Waals surface area contributed by atoms with Crippen LogP contribution in [-0.2, 0) is 11.2 Å². The van der Waals surface area contributed by atoms with Crippen molar-refractivity contribution in [2.24, 2.45) is 0 Å². The van der Waals surface area contributed by atoms with Crippen LogP contribution >= 0.6 is 23.8 Å². The largest absolute Gasteiger partial charge is 0.302 e. The lowest BCUT2D eigenvalue weighted by Crippen LogP contribution is -2.48. The molecule has 0 saturated heterocycles. The second-order valence-electron chi connectivity index (χ2n) is 5.13. The zero-order valence-corrected chi connectivity index (χ0v) is 14.5. The van der Waals surface area contributed by atoms with Crippen LogP contribution in [0, 0.1) is 6.92 Å². The molecule has 124 valence electrons. The highest BCUT2D eigenvalue weighted by Crippen LogP contribution is 2.09. The molecule has 0 heterocycles. The summed E-state index contributed by atoms with van der Waals surface area (Å²) in [5, 5.41) is 3.12. The van der Waals surface area contributed by atoms with E-state index in [2.05, 4.69) is 16.2 Å². The van der Waals surface area contributed by atoms with Crippen molar-refractivity contribution in [1.29, 1.82) is 0 Å². The van der Waals surface area contributed by atoms with Gasteiger partial charge in [0, 0.05) is 10.6 Å². The fourth-order valence-electron chi connectivity index (χ4n) is 1.88. The van der Waals surface area contributed by atoms with Gasteiger partial charge in [-0.3, -0.25) is 20.4 Å². The highest BCUT2D eigenvalue weighted by atomic mass is 35.5. The van der Waals surface area contributed by atoms with Crippen LogP contribution in [0.4, 0.5) is 0 Å². The number of hydrogen-bond acceptors (Lipinski definition) is 3. The third kappa shape index (κ3) is 5.64. The maximum Gasteiger partial charge on any atom is 0.269 e. The summed E-state index contributed by atoms with van der Waals surface area (Å²) in [5.41, 5.74) is 7.29. The number of rotatable bonds is 3. The molecule has 0 saturated carbocycles. The lowest BCUT2D eigenvalue weighted by molar-refractivity contribution is -0.119. The van der Waals surface area contributed by atoms with Crippen molar-refractivity contribution < 1.29 is 9.59 Å². The number of halogens is 1. The summed E-state index contributed by atoms with van der Waals surface area (Å²) in [5.74, 6) is -0.635. The molecule has 2 amide bonds. The van der Waals surface area contributed by atoms with E-state index in [1.165, 1.54) is 0 Å². The Morgan fingerprint density at radius 3 is 2.25 bits per heavy atom. The van der Waals surface area contributed by atoms with Crippen molar-refractivity contribution in [3.05, 3.63) is 70.2 Å². The molecule has 0 fully saturated rings. The molecule has 2 rings (SSSR count). The summed E-state index contributed by atoms with van der Waals surface area (Å²) in [7, 11) is 0. The van der Waals surface area contributed by atoms with Crippen molar-refractivity contribution in [3.8, 4) is 0 Å². The van der Waals surface area contributed by atoms with Gasteiger partial charge in [-0.15, -0.1) is 0 Å². The van der Waals surface area contributed by atoms with Crippen LogP contribution < -0.4 is 16.2 Å². The first-order valence-electron chi connectivity index (χ1n) is 7.15. The number of hydrogen-bond donors (Lipinski definition) is 3. The van der Waals surface area contributed by atoms with Crippen molar-refractivity contribution in [2.75, 3.05) is 0 Å². The SMILES string of the molecule is Cc1ccc(C(=O)NNC(=S)NC(=O)Cc2ccc(Cl)cc2)cc1. The molecule has 0 aliphatic heterocycles. The number of hydrazine groups is 1. The topological polar surface area (TPSA) is 70.2 Å². The third-order valence-electron chi connectivity index (χ3n) is 3.13. The van der Waals surface area contributed by atoms with Crippen LogP contribution in [-0.4, -0.2) is 16.9 Å². The van der Waals surface area contributed by atoms with E-state index in [0.29, 0.717) is 10.6 Å². The highest BCUT2D eigenvalue weighted by molar-refractivity contribution is 7.80. The molecule has 5 nitrogen and oxygen atoms in total. The summed E-state index contributed by atoms with van der Waals surface area (Å²) in [6.45, 7) is 1.94. The lowest BCUT2D eigenvalue weighted by Gasteiger charge is -2.11. The molecule has 0 unspecified atom stereocenters. The zero-order valence-electron chi connectivity index (χ0n) is 12.9. The Morgan fingerprint density at radius 2 is 1.62 bits per heavy atom. The molecule has 24 heavy (non-hydrogen) atoms. The third-order valence-corrected chi connectivity index (χ3v) is 3.59. The first-order chi connectivity index (χ1) is 11.4. The van der Waals surface area contributed by atoms with Gasteiger partial charge < -0.3 is 5.32 Å². The minimum absolute atomic E-state index is 0.0226. The van der Waals surface area contributed by atoms with Crippen LogP contribution in [0.25, 0.3) is 0 Å². The second-order valence-corrected chi connectivity index (χ2v) is 5.97. The Bertz CT molecular complexity index is 745. The molecule has 2 aromatic rings. The fourth-order valence-corrected chi connectivity index (χ4v) is 2.17. The maximum absolute atomic E-state index is 11.9. The number of nitrogens with one attached hydrogen (secondary N) is 3. The van der Waals surface area contributed by atoms with Crippen LogP contribution in [0.1, 0.15) is 21.5 Å². The molecule has 3 N–H and O–H groups in total. The molecular weight excluding hydrogens is 346 g/mol. The molecule has 0 spiro atoms. The average molecular weight is 362 g/mol. The molecule has 0 aliphatic rings. The minimum atomic E-state index is -0.343. The van der Waals surface area contributed by atoms with Gasteiger partial charge in [-0.25, -0.2) is 0 Å². The van der Waals surface area contributed by atoms with Crippen molar-refractivity contribution in [2.45, 2.75) is 13.3 Å². The van der Waals surface area contributed by atoms with E-state index in [4.69, 9.17) is 23.8 Å². The van der Waals surface area contributed by atoms with Crippen LogP contribution in [0.2, 0.25) is 5.02 Å². The van der Waals surface area contributed by atoms with Gasteiger partial charge in [0.2, 0.25) is 5.91 Å². The second kappa shape index (κ2) is 8.42. The molecule has 0 radical (unpaired) electrons. The molecule has 0 bridgehead atoms. The summed E-state index contributed by atoms with van der Waals surface area (Å²) in [6.07, 6.45) is 0.158. The van der Waals surface area contributed by atoms with Crippen molar-refractivity contribution >= 4 is 40.7 Å². The van der Waals surface area contributed by atoms with E-state index in [-0.39, 0.29) is 23.3 Å². The maximum atomic E-state index is 11.9. The minimum Gasteiger partial charge on any atom is -0.302 e. The number of aryl methyl sites for hydroxylation is 1. The van der Waals surface area contributed by atoms with Crippen LogP contribution in [0.3, 0.4) is 0 Å². The average Bonchev–Trinajstić information content (AvgIpc) is 2.55. The molecule has 0 atom stereocenters. The molecule has 0 aromatic heterocycles. The number of benzene rings is 2. The Balaban J connectivity index is 1.78. The Kier molecular flexibility index (Phi) is 6.28. The summed E-state index contributed by atoms with van der Waals surface area (Å²) in [6, 6.07) is 14.0. The van der Waals surface area contributed by atoms with Crippen LogP contribution in [0.15, 0.2) is 48.5 Å². The van der Waals surface area contributed by atoms with Gasteiger partial charge in [0.1, 0.15) is 0 Å². The first kappa shape index (κ1) is 17.9. The summed E-state index contributed by atoms with van der Waals surface area (Å²) < 4.78 is 0. The summed E-state index contributed by atoms with van der Waals surface area (Å²) in [4.78, 5) is 23.8. The molecule has 0 aliphatic carbocycles. The van der Waals surface area contributed by atoms with Gasteiger partial charge in [0.25, 0.3) is 5.91 Å². The number of thiocarbonyl (C=S) groups is 1. The molecule has 7 heteroatoms. The van der Waals surface area contributed by atoms with Gasteiger partial charge in [-0.1, -0.05) is 41.4 Å². The van der Waals surface area contributed by atoms with Gasteiger partial charge in [0.05, 0.1) is 6.42 Å². The van der Waals surface area contributed by atoms with Gasteiger partial charge in [0.15, 0.2) is 5.11 Å². The van der Waals surface area contributed by atoms with Crippen molar-refractivity contribution in [1.82, 2.24) is 16.2 Å². The Hall–Kier alpha value is -2.44. The Morgan fingerprint density at radius 1 is 1.00 bits per heavy atom. The predicted octanol–water partition coefficient (Wildman–Crippen LogP) is 2.53. The fraction of sp³-hybridized carbons (Fsp3) is 0.118. The number of carbonyl (C=O) groups is 2. The quantitative estimate of drug-likeness (QED) is 0.580. The predicted molar refractivity (Wildman–Crippen MR) is 97.7 cm³/mol. The Labute approximate surface area is 150 Å². The lowest BCUT2D eigenvalue weighted by atomic mass is 10.1. The van der Waals surface area contributed by atoms with E-state index < -0.39 is 0 Å². The number of amides is 2. The van der Waals surface area contributed by atoms with E-state index in [1.807, 2.05) is 19.1 Å². The number of carbonyl (C=O) groups excluding carboxylic acids is 2. The van der Waals surface area contributed by atoms with E-state index >= 15 is 0 Å². The molecular formula is C17H16ClN3O2S. The standard InChI is InChI=1S/C17H16ClN3O2S/c1-11-2-6-13(7-3-11)16(23)20-21-17(24)19-15(22)10-12-4-8-14(18)9-5-12/h2-9H,10H2,1H3,(H,20,23)(H2,19,21,22,24). The smallest absolute Gasteiger partial charge is 0.269 e.